The summed E-state index contributed by atoms with van der Waals surface area (Å²) in [5.41, 5.74) is 14.6. The second-order valence-electron chi connectivity index (χ2n) is 23.2. The molecule has 0 saturated heterocycles. The number of nitrogens with zero attached hydrogens (tertiary/aromatic N) is 4. The third kappa shape index (κ3) is 15.6. The van der Waals surface area contributed by atoms with Crippen LogP contribution in [0.3, 0.4) is 0 Å². The Hall–Kier alpha value is -10.6. The van der Waals surface area contributed by atoms with Crippen molar-refractivity contribution in [3.8, 4) is 45.5 Å². The maximum absolute atomic E-state index is 13.7. The van der Waals surface area contributed by atoms with E-state index < -0.39 is 0 Å². The van der Waals surface area contributed by atoms with Gasteiger partial charge in [-0.1, -0.05) is 128 Å². The summed E-state index contributed by atoms with van der Waals surface area (Å²) in [6, 6.07) is 72.9. The number of rotatable bonds is 16. The first-order valence-electron chi connectivity index (χ1n) is 30.5. The van der Waals surface area contributed by atoms with Gasteiger partial charge in [0.15, 0.2) is 0 Å². The average molecular weight is 1420 g/mol. The van der Waals surface area contributed by atoms with Crippen LogP contribution in [0.1, 0.15) is 64.8 Å². The number of ketones is 2. The molecular formula is C81H64F2IrN4O6+. The SMILES string of the molecule is CC(=O)CC(C)=O.Cc1ccc(OCc2[c-]c3c(cc2)c2ccc(COc4ccc(C)cc4)cc2c2nc(-c4ccc(F)cc4)cnc32)cc1.Cc1ccc(OCc2[c-]c3c(cc2)c2ccc(COc4ccc(C)cc4)cc2c2nc(-c4ccc(F)cc4)cnc32)cc1.[Ir+3]. The topological polar surface area (TPSA) is 123 Å². The Morgan fingerprint density at radius 2 is 0.691 bits per heavy atom. The van der Waals surface area contributed by atoms with Crippen molar-refractivity contribution in [2.24, 2.45) is 0 Å². The molecule has 0 radical (unpaired) electrons. The molecule has 0 N–H and O–H groups in total. The summed E-state index contributed by atoms with van der Waals surface area (Å²) in [4.78, 5) is 40.0. The van der Waals surface area contributed by atoms with Crippen LogP contribution >= 0.6 is 0 Å². The normalized spacial score (nSPS) is 11.0. The Bertz CT molecular complexity index is 4730. The number of carbonyl (C=O) groups excluding carboxylic acids is 2. The van der Waals surface area contributed by atoms with Gasteiger partial charge in [-0.05, 0) is 173 Å². The van der Waals surface area contributed by atoms with Crippen LogP contribution < -0.4 is 18.9 Å². The van der Waals surface area contributed by atoms with E-state index in [1.807, 2.05) is 97.1 Å². The number of fused-ring (bicyclic) bond motifs is 12. The molecule has 14 rings (SSSR count). The van der Waals surface area contributed by atoms with E-state index in [9.17, 15) is 18.4 Å². The van der Waals surface area contributed by atoms with Crippen molar-refractivity contribution in [2.75, 3.05) is 0 Å². The predicted molar refractivity (Wildman–Crippen MR) is 366 cm³/mol. The summed E-state index contributed by atoms with van der Waals surface area (Å²) in [6.45, 7) is 12.6. The van der Waals surface area contributed by atoms with Crippen molar-refractivity contribution < 1.29 is 57.4 Å². The molecule has 2 aromatic heterocycles. The van der Waals surface area contributed by atoms with Crippen LogP contribution in [-0.2, 0) is 56.1 Å². The van der Waals surface area contributed by atoms with E-state index in [1.54, 1.807) is 36.7 Å². The zero-order chi connectivity index (χ0) is 64.5. The third-order valence-corrected chi connectivity index (χ3v) is 15.8. The molecule has 94 heavy (non-hydrogen) atoms. The third-order valence-electron chi connectivity index (χ3n) is 15.8. The van der Waals surface area contributed by atoms with Gasteiger partial charge in [-0.15, -0.1) is 47.2 Å². The van der Waals surface area contributed by atoms with E-state index in [4.69, 9.17) is 38.9 Å². The number of aromatic nitrogens is 4. The van der Waals surface area contributed by atoms with Crippen molar-refractivity contribution in [2.45, 2.75) is 74.4 Å². The number of halogens is 2. The number of benzene rings is 12. The number of hydrogen-bond acceptors (Lipinski definition) is 10. The van der Waals surface area contributed by atoms with Crippen molar-refractivity contribution in [1.29, 1.82) is 0 Å². The molecule has 0 saturated carbocycles. The fourth-order valence-electron chi connectivity index (χ4n) is 10.9. The summed E-state index contributed by atoms with van der Waals surface area (Å²) in [6.07, 6.45) is 3.57. The quantitative estimate of drug-likeness (QED) is 0.0525. The Labute approximate surface area is 557 Å². The Morgan fingerprint density at radius 1 is 0.372 bits per heavy atom. The van der Waals surface area contributed by atoms with Crippen LogP contribution in [0, 0.1) is 51.5 Å². The molecule has 2 heterocycles. The molecule has 14 aromatic rings. The van der Waals surface area contributed by atoms with Crippen molar-refractivity contribution in [3.05, 3.63) is 287 Å². The van der Waals surface area contributed by atoms with Crippen LogP contribution in [0.25, 0.3) is 87.7 Å². The first kappa shape index (κ1) is 64.9. The minimum absolute atomic E-state index is 0. The first-order valence-corrected chi connectivity index (χ1v) is 30.5. The van der Waals surface area contributed by atoms with Gasteiger partial charge in [-0.25, -0.2) is 8.78 Å². The Balaban J connectivity index is 0.000000173. The minimum atomic E-state index is -0.290. The van der Waals surface area contributed by atoms with E-state index in [2.05, 4.69) is 100 Å². The maximum atomic E-state index is 13.7. The average Bonchev–Trinajstić information content (AvgIpc) is 0.748. The van der Waals surface area contributed by atoms with Gasteiger partial charge in [0.2, 0.25) is 0 Å². The largest absolute Gasteiger partial charge is 3.00 e. The molecule has 0 fully saturated rings. The van der Waals surface area contributed by atoms with Gasteiger partial charge in [0.1, 0.15) is 59.4 Å². The maximum Gasteiger partial charge on any atom is 3.00 e. The van der Waals surface area contributed by atoms with Crippen molar-refractivity contribution >= 4 is 76.7 Å². The standard InChI is InChI=1S/2C38H28FN2O2.C5H8O2.Ir/c2*1-24-3-13-30(14-4-24)42-22-26-7-17-32-33-18-8-27(23-43-31-15-5-25(2)6-16-31)20-35(33)38-37(34(32)19-26)40-21-36(41-38)28-9-11-29(39)12-10-28;1-4(6)3-5(2)7;/h2*3-18,20-21H,22-23H2,1-2H3;3H2,1-2H3;/q2*-1;;+3. The molecule has 12 aromatic carbocycles. The van der Waals surface area contributed by atoms with Crippen molar-refractivity contribution in [3.63, 3.8) is 0 Å². The molecule has 0 unspecified atom stereocenters. The molecule has 0 bridgehead atoms. The molecule has 13 heteroatoms. The van der Waals surface area contributed by atoms with E-state index >= 15 is 0 Å². The smallest absolute Gasteiger partial charge is 0.491 e. The van der Waals surface area contributed by atoms with Gasteiger partial charge in [-0.3, -0.25) is 19.6 Å². The fraction of sp³-hybridized carbons (Fsp3) is 0.136. The van der Waals surface area contributed by atoms with Crippen LogP contribution in [-0.4, -0.2) is 31.5 Å². The molecule has 0 aliphatic carbocycles. The van der Waals surface area contributed by atoms with E-state index in [0.29, 0.717) is 37.8 Å². The van der Waals surface area contributed by atoms with Gasteiger partial charge in [0.05, 0.1) is 42.1 Å². The molecular weight excluding hydrogens is 1360 g/mol. The second kappa shape index (κ2) is 29.4. The zero-order valence-electron chi connectivity index (χ0n) is 52.6. The molecule has 0 aliphatic rings. The zero-order valence-corrected chi connectivity index (χ0v) is 55.0. The fourth-order valence-corrected chi connectivity index (χ4v) is 10.9. The minimum Gasteiger partial charge on any atom is -0.491 e. The van der Waals surface area contributed by atoms with Gasteiger partial charge in [0, 0.05) is 34.6 Å². The number of ether oxygens (including phenoxy) is 4. The van der Waals surface area contributed by atoms with Crippen LogP contribution in [0.4, 0.5) is 8.78 Å². The monoisotopic (exact) mass is 1420 g/mol. The summed E-state index contributed by atoms with van der Waals surface area (Å²) in [7, 11) is 0. The summed E-state index contributed by atoms with van der Waals surface area (Å²) in [5.74, 6) is 2.56. The second-order valence-corrected chi connectivity index (χ2v) is 23.2. The van der Waals surface area contributed by atoms with Crippen LogP contribution in [0.2, 0.25) is 0 Å². The summed E-state index contributed by atoms with van der Waals surface area (Å²) >= 11 is 0. The Kier molecular flexibility index (Phi) is 20.3. The number of aryl methyl sites for hydroxylation is 4. The molecule has 10 nitrogen and oxygen atoms in total. The van der Waals surface area contributed by atoms with Crippen LogP contribution in [0.5, 0.6) is 23.0 Å². The van der Waals surface area contributed by atoms with Gasteiger partial charge in [-0.2, -0.15) is 0 Å². The van der Waals surface area contributed by atoms with E-state index in [-0.39, 0.29) is 49.7 Å². The van der Waals surface area contributed by atoms with Gasteiger partial charge in [0.25, 0.3) is 0 Å². The molecule has 0 spiro atoms. The Morgan fingerprint density at radius 3 is 1.01 bits per heavy atom. The number of Topliss-reactive ketones (excluding diaryl/α,β-unsaturated/α-hetero) is 2. The van der Waals surface area contributed by atoms with Gasteiger partial charge >= 0.3 is 20.1 Å². The molecule has 0 amide bonds. The van der Waals surface area contributed by atoms with E-state index in [1.165, 1.54) is 60.4 Å². The van der Waals surface area contributed by atoms with Gasteiger partial charge < -0.3 is 28.9 Å². The number of carbonyl (C=O) groups is 2. The van der Waals surface area contributed by atoms with Crippen molar-refractivity contribution in [1.82, 2.24) is 19.9 Å². The first-order chi connectivity index (χ1) is 45.1. The summed E-state index contributed by atoms with van der Waals surface area (Å²) in [5, 5.41) is 7.89. The number of hydrogen-bond donors (Lipinski definition) is 0. The summed E-state index contributed by atoms with van der Waals surface area (Å²) < 4.78 is 51.6. The van der Waals surface area contributed by atoms with E-state index in [0.717, 1.165) is 122 Å². The predicted octanol–water partition coefficient (Wildman–Crippen LogP) is 19.2. The molecule has 0 atom stereocenters. The van der Waals surface area contributed by atoms with Crippen LogP contribution in [0.15, 0.2) is 219 Å². The molecule has 466 valence electrons. The molecule has 0 aliphatic heterocycles.